The Balaban J connectivity index is 2.45. The smallest absolute Gasteiger partial charge is 0.249 e. The molecule has 0 aliphatic heterocycles. The lowest BCUT2D eigenvalue weighted by molar-refractivity contribution is 0.567. The van der Waals surface area contributed by atoms with Crippen molar-refractivity contribution >= 4 is 9.84 Å². The minimum absolute atomic E-state index is 0.0220. The van der Waals surface area contributed by atoms with E-state index in [0.717, 1.165) is 11.1 Å². The van der Waals surface area contributed by atoms with Gasteiger partial charge in [0.15, 0.2) is 5.82 Å². The maximum Gasteiger partial charge on any atom is 0.249 e. The SMILES string of the molecule is CCn1c(-c2ccccc2C)nnc1S(=O)(=O)CCCC#N. The molecule has 22 heavy (non-hydrogen) atoms. The van der Waals surface area contributed by atoms with E-state index in [0.29, 0.717) is 18.8 Å². The molecule has 1 aromatic heterocycles. The van der Waals surface area contributed by atoms with Gasteiger partial charge in [-0.05, 0) is 25.8 Å². The average molecular weight is 318 g/mol. The van der Waals surface area contributed by atoms with Gasteiger partial charge in [0.2, 0.25) is 15.0 Å². The molecule has 0 radical (unpaired) electrons. The minimum Gasteiger partial charge on any atom is -0.298 e. The van der Waals surface area contributed by atoms with Crippen LogP contribution in [0.5, 0.6) is 0 Å². The van der Waals surface area contributed by atoms with E-state index in [1.807, 2.05) is 44.2 Å². The molecule has 0 N–H and O–H groups in total. The third-order valence-electron chi connectivity index (χ3n) is 3.40. The van der Waals surface area contributed by atoms with E-state index < -0.39 is 9.84 Å². The van der Waals surface area contributed by atoms with Crippen LogP contribution in [0.25, 0.3) is 11.4 Å². The molecule has 0 fully saturated rings. The van der Waals surface area contributed by atoms with Crippen molar-refractivity contribution in [1.82, 2.24) is 14.8 Å². The zero-order chi connectivity index (χ0) is 16.2. The number of hydrogen-bond donors (Lipinski definition) is 0. The van der Waals surface area contributed by atoms with Crippen LogP contribution in [0, 0.1) is 18.3 Å². The lowest BCUT2D eigenvalue weighted by atomic mass is 10.1. The number of rotatable bonds is 6. The Morgan fingerprint density at radius 1 is 1.27 bits per heavy atom. The van der Waals surface area contributed by atoms with Gasteiger partial charge in [0.25, 0.3) is 0 Å². The number of aromatic nitrogens is 3. The maximum absolute atomic E-state index is 12.4. The molecule has 2 rings (SSSR count). The first-order valence-corrected chi connectivity index (χ1v) is 8.75. The summed E-state index contributed by atoms with van der Waals surface area (Å²) in [4.78, 5) is 0. The summed E-state index contributed by atoms with van der Waals surface area (Å²) in [6.45, 7) is 4.27. The highest BCUT2D eigenvalue weighted by Gasteiger charge is 2.24. The summed E-state index contributed by atoms with van der Waals surface area (Å²) in [7, 11) is -3.54. The number of aryl methyl sites for hydroxylation is 1. The molecule has 1 aromatic carbocycles. The van der Waals surface area contributed by atoms with Crippen molar-refractivity contribution in [3.63, 3.8) is 0 Å². The number of hydrogen-bond acceptors (Lipinski definition) is 5. The van der Waals surface area contributed by atoms with Crippen LogP contribution in [0.1, 0.15) is 25.3 Å². The monoisotopic (exact) mass is 318 g/mol. The summed E-state index contributed by atoms with van der Waals surface area (Å²) < 4.78 is 26.4. The van der Waals surface area contributed by atoms with Gasteiger partial charge in [0, 0.05) is 18.5 Å². The zero-order valence-electron chi connectivity index (χ0n) is 12.7. The van der Waals surface area contributed by atoms with Gasteiger partial charge in [-0.2, -0.15) is 5.26 Å². The van der Waals surface area contributed by atoms with E-state index in [1.54, 1.807) is 4.57 Å². The third kappa shape index (κ3) is 3.17. The minimum atomic E-state index is -3.54. The van der Waals surface area contributed by atoms with Crippen LogP contribution in [-0.4, -0.2) is 28.9 Å². The first-order chi connectivity index (χ1) is 10.5. The molecule has 0 aliphatic rings. The predicted molar refractivity (Wildman–Crippen MR) is 82.8 cm³/mol. The fraction of sp³-hybridized carbons (Fsp3) is 0.400. The number of nitrogens with zero attached hydrogens (tertiary/aromatic N) is 4. The highest BCUT2D eigenvalue weighted by Crippen LogP contribution is 2.24. The molecule has 0 amide bonds. The Kier molecular flexibility index (Phi) is 4.93. The average Bonchev–Trinajstić information content (AvgIpc) is 2.92. The fourth-order valence-electron chi connectivity index (χ4n) is 2.26. The summed E-state index contributed by atoms with van der Waals surface area (Å²) >= 11 is 0. The number of unbranched alkanes of at least 4 members (excludes halogenated alkanes) is 1. The lowest BCUT2D eigenvalue weighted by Crippen LogP contribution is -2.14. The van der Waals surface area contributed by atoms with Crippen molar-refractivity contribution in [3.05, 3.63) is 29.8 Å². The van der Waals surface area contributed by atoms with Crippen LogP contribution < -0.4 is 0 Å². The first kappa shape index (κ1) is 16.2. The summed E-state index contributed by atoms with van der Waals surface area (Å²) in [5.74, 6) is 0.464. The van der Waals surface area contributed by atoms with Crippen LogP contribution >= 0.6 is 0 Å². The molecule has 116 valence electrons. The quantitative estimate of drug-likeness (QED) is 0.763. The van der Waals surface area contributed by atoms with Crippen LogP contribution in [-0.2, 0) is 16.4 Å². The van der Waals surface area contributed by atoms with Gasteiger partial charge in [-0.1, -0.05) is 24.3 Å². The van der Waals surface area contributed by atoms with Crippen molar-refractivity contribution in [2.45, 2.75) is 38.4 Å². The molecule has 7 heteroatoms. The van der Waals surface area contributed by atoms with Crippen molar-refractivity contribution in [2.75, 3.05) is 5.75 Å². The number of benzene rings is 1. The van der Waals surface area contributed by atoms with Crippen molar-refractivity contribution in [1.29, 1.82) is 5.26 Å². The molecular weight excluding hydrogens is 300 g/mol. The van der Waals surface area contributed by atoms with Crippen LogP contribution in [0.2, 0.25) is 0 Å². The van der Waals surface area contributed by atoms with Crippen LogP contribution in [0.3, 0.4) is 0 Å². The first-order valence-electron chi connectivity index (χ1n) is 7.10. The van der Waals surface area contributed by atoms with Gasteiger partial charge in [0.1, 0.15) is 0 Å². The van der Waals surface area contributed by atoms with Gasteiger partial charge in [-0.15, -0.1) is 10.2 Å². The highest BCUT2D eigenvalue weighted by atomic mass is 32.2. The topological polar surface area (TPSA) is 88.6 Å². The van der Waals surface area contributed by atoms with E-state index in [9.17, 15) is 8.42 Å². The van der Waals surface area contributed by atoms with Gasteiger partial charge in [-0.25, -0.2) is 8.42 Å². The van der Waals surface area contributed by atoms with E-state index in [2.05, 4.69) is 10.2 Å². The van der Waals surface area contributed by atoms with Crippen molar-refractivity contribution in [3.8, 4) is 17.5 Å². The molecular formula is C15H18N4O2S. The zero-order valence-corrected chi connectivity index (χ0v) is 13.5. The second-order valence-corrected chi connectivity index (χ2v) is 6.95. The molecule has 0 bridgehead atoms. The summed E-state index contributed by atoms with van der Waals surface area (Å²) in [6.07, 6.45) is 0.513. The van der Waals surface area contributed by atoms with Gasteiger partial charge in [0.05, 0.1) is 11.8 Å². The van der Waals surface area contributed by atoms with Crippen LogP contribution in [0.15, 0.2) is 29.4 Å². The molecule has 6 nitrogen and oxygen atoms in total. The van der Waals surface area contributed by atoms with E-state index >= 15 is 0 Å². The molecule has 2 aromatic rings. The second kappa shape index (κ2) is 6.71. The largest absolute Gasteiger partial charge is 0.298 e. The van der Waals surface area contributed by atoms with Gasteiger partial charge < -0.3 is 0 Å². The molecule has 0 saturated carbocycles. The molecule has 0 unspecified atom stereocenters. The van der Waals surface area contributed by atoms with Gasteiger partial charge in [-0.3, -0.25) is 4.57 Å². The lowest BCUT2D eigenvalue weighted by Gasteiger charge is -2.09. The van der Waals surface area contributed by atoms with E-state index in [1.165, 1.54) is 0 Å². The summed E-state index contributed by atoms with van der Waals surface area (Å²) in [5.41, 5.74) is 1.88. The normalized spacial score (nSPS) is 11.3. The Morgan fingerprint density at radius 2 is 2.00 bits per heavy atom. The summed E-state index contributed by atoms with van der Waals surface area (Å²) in [5, 5.41) is 16.5. The molecule has 0 saturated heterocycles. The van der Waals surface area contributed by atoms with E-state index in [-0.39, 0.29) is 17.3 Å². The number of sulfone groups is 1. The molecule has 1 heterocycles. The Morgan fingerprint density at radius 3 is 2.64 bits per heavy atom. The maximum atomic E-state index is 12.4. The Bertz CT molecular complexity index is 803. The van der Waals surface area contributed by atoms with Crippen molar-refractivity contribution < 1.29 is 8.42 Å². The second-order valence-electron chi connectivity index (χ2n) is 4.95. The molecule has 0 aliphatic carbocycles. The van der Waals surface area contributed by atoms with Gasteiger partial charge >= 0.3 is 0 Å². The van der Waals surface area contributed by atoms with Crippen molar-refractivity contribution in [2.24, 2.45) is 0 Å². The Labute approximate surface area is 130 Å². The third-order valence-corrected chi connectivity index (χ3v) is 5.08. The van der Waals surface area contributed by atoms with E-state index in [4.69, 9.17) is 5.26 Å². The van der Waals surface area contributed by atoms with Crippen LogP contribution in [0.4, 0.5) is 0 Å². The highest BCUT2D eigenvalue weighted by molar-refractivity contribution is 7.91. The Hall–Kier alpha value is -2.20. The predicted octanol–water partition coefficient (Wildman–Crippen LogP) is 2.35. The standard InChI is InChI=1S/C15H18N4O2S/c1-3-19-14(13-9-5-4-8-12(13)2)17-18-15(19)22(20,21)11-7-6-10-16/h4-5,8-9H,3,6-7,11H2,1-2H3. The summed E-state index contributed by atoms with van der Waals surface area (Å²) in [6, 6.07) is 9.61. The number of nitriles is 1. The fourth-order valence-corrected chi connectivity index (χ4v) is 3.68. The molecule has 0 spiro atoms. The molecule has 0 atom stereocenters.